The van der Waals surface area contributed by atoms with Gasteiger partial charge in [0.1, 0.15) is 0 Å². The topological polar surface area (TPSA) is 115 Å². The molecule has 8 heteroatoms. The van der Waals surface area contributed by atoms with Gasteiger partial charge in [0.05, 0.1) is 16.6 Å². The van der Waals surface area contributed by atoms with Gasteiger partial charge in [-0.1, -0.05) is 5.16 Å². The van der Waals surface area contributed by atoms with Gasteiger partial charge in [-0.3, -0.25) is 10.1 Å². The Balaban J connectivity index is 2.20. The lowest BCUT2D eigenvalue weighted by molar-refractivity contribution is -0.386. The van der Waals surface area contributed by atoms with Crippen molar-refractivity contribution in [1.29, 1.82) is 5.26 Å². The molecule has 0 aliphatic heterocycles. The SMILES string of the molecule is Cc1noc(COc2ccc(C#N)cc2[N+](=O)[O-])n1. The van der Waals surface area contributed by atoms with E-state index in [2.05, 4.69) is 10.1 Å². The van der Waals surface area contributed by atoms with Crippen molar-refractivity contribution in [1.82, 2.24) is 10.1 Å². The Bertz CT molecular complexity index is 659. The molecule has 1 aromatic carbocycles. The first-order valence-corrected chi connectivity index (χ1v) is 5.20. The van der Waals surface area contributed by atoms with Crippen molar-refractivity contribution in [2.45, 2.75) is 13.5 Å². The molecule has 0 atom stereocenters. The number of ether oxygens (including phenoxy) is 1. The normalized spacial score (nSPS) is 9.89. The number of nitriles is 1. The third-order valence-electron chi connectivity index (χ3n) is 2.21. The van der Waals surface area contributed by atoms with Gasteiger partial charge in [0.2, 0.25) is 0 Å². The van der Waals surface area contributed by atoms with Crippen LogP contribution in [0.5, 0.6) is 5.75 Å². The maximum absolute atomic E-state index is 10.9. The van der Waals surface area contributed by atoms with Crippen molar-refractivity contribution in [2.24, 2.45) is 0 Å². The predicted octanol–water partition coefficient (Wildman–Crippen LogP) is 1.74. The molecule has 2 aromatic rings. The second-order valence-electron chi connectivity index (χ2n) is 3.58. The average molecular weight is 260 g/mol. The van der Waals surface area contributed by atoms with E-state index in [1.54, 1.807) is 6.92 Å². The van der Waals surface area contributed by atoms with Crippen LogP contribution < -0.4 is 4.74 Å². The second-order valence-corrected chi connectivity index (χ2v) is 3.58. The summed E-state index contributed by atoms with van der Waals surface area (Å²) in [7, 11) is 0. The van der Waals surface area contributed by atoms with Crippen molar-refractivity contribution < 1.29 is 14.2 Å². The molecule has 1 heterocycles. The summed E-state index contributed by atoms with van der Waals surface area (Å²) in [4.78, 5) is 14.2. The monoisotopic (exact) mass is 260 g/mol. The highest BCUT2D eigenvalue weighted by Gasteiger charge is 2.17. The molecule has 0 N–H and O–H groups in total. The minimum Gasteiger partial charge on any atom is -0.477 e. The number of benzene rings is 1. The zero-order chi connectivity index (χ0) is 13.8. The van der Waals surface area contributed by atoms with Gasteiger partial charge in [-0.15, -0.1) is 0 Å². The molecule has 2 rings (SSSR count). The minimum absolute atomic E-state index is 0.0415. The van der Waals surface area contributed by atoms with E-state index in [4.69, 9.17) is 14.5 Å². The summed E-state index contributed by atoms with van der Waals surface area (Å²) in [6.45, 7) is 1.57. The molecule has 0 amide bonds. The Labute approximate surface area is 107 Å². The molecule has 8 nitrogen and oxygen atoms in total. The number of nitro benzene ring substituents is 1. The first kappa shape index (κ1) is 12.5. The number of aromatic nitrogens is 2. The molecule has 0 saturated heterocycles. The first-order chi connectivity index (χ1) is 9.10. The molecule has 0 fully saturated rings. The number of hydrogen-bond donors (Lipinski definition) is 0. The second kappa shape index (κ2) is 5.14. The molecule has 0 radical (unpaired) electrons. The fourth-order valence-electron chi connectivity index (χ4n) is 1.39. The van der Waals surface area contributed by atoms with Crippen LogP contribution >= 0.6 is 0 Å². The third kappa shape index (κ3) is 2.84. The van der Waals surface area contributed by atoms with Crippen molar-refractivity contribution in [3.63, 3.8) is 0 Å². The van der Waals surface area contributed by atoms with Gasteiger partial charge in [0, 0.05) is 6.07 Å². The Hall–Kier alpha value is -2.95. The number of rotatable bonds is 4. The van der Waals surface area contributed by atoms with Gasteiger partial charge in [-0.05, 0) is 19.1 Å². The van der Waals surface area contributed by atoms with Gasteiger partial charge in [-0.2, -0.15) is 10.2 Å². The molecule has 96 valence electrons. The Morgan fingerprint density at radius 3 is 2.95 bits per heavy atom. The molecule has 0 unspecified atom stereocenters. The molecule has 0 aliphatic rings. The largest absolute Gasteiger partial charge is 0.477 e. The van der Waals surface area contributed by atoms with Crippen LogP contribution in [-0.2, 0) is 6.61 Å². The van der Waals surface area contributed by atoms with Gasteiger partial charge in [-0.25, -0.2) is 0 Å². The van der Waals surface area contributed by atoms with Crippen LogP contribution in [0.2, 0.25) is 0 Å². The van der Waals surface area contributed by atoms with Crippen LogP contribution in [0, 0.1) is 28.4 Å². The van der Waals surface area contributed by atoms with Gasteiger partial charge in [0.25, 0.3) is 5.89 Å². The number of aryl methyl sites for hydroxylation is 1. The molecule has 0 aliphatic carbocycles. The number of nitro groups is 1. The summed E-state index contributed by atoms with van der Waals surface area (Å²) in [6.07, 6.45) is 0. The van der Waals surface area contributed by atoms with Crippen LogP contribution in [0.25, 0.3) is 0 Å². The van der Waals surface area contributed by atoms with E-state index in [0.717, 1.165) is 6.07 Å². The van der Waals surface area contributed by atoms with E-state index >= 15 is 0 Å². The lowest BCUT2D eigenvalue weighted by atomic mass is 10.2. The summed E-state index contributed by atoms with van der Waals surface area (Å²) in [5.74, 6) is 0.712. The van der Waals surface area contributed by atoms with Gasteiger partial charge < -0.3 is 9.26 Å². The highest BCUT2D eigenvalue weighted by molar-refractivity contribution is 5.51. The zero-order valence-corrected chi connectivity index (χ0v) is 9.86. The van der Waals surface area contributed by atoms with E-state index in [1.807, 2.05) is 6.07 Å². The predicted molar refractivity (Wildman–Crippen MR) is 61.2 cm³/mol. The summed E-state index contributed by atoms with van der Waals surface area (Å²) in [5.41, 5.74) is -0.0945. The highest BCUT2D eigenvalue weighted by Crippen LogP contribution is 2.28. The molecule has 0 spiro atoms. The maximum atomic E-state index is 10.9. The summed E-state index contributed by atoms with van der Waals surface area (Å²) in [5, 5.41) is 23.1. The summed E-state index contributed by atoms with van der Waals surface area (Å²) in [6, 6.07) is 5.77. The quantitative estimate of drug-likeness (QED) is 0.607. The van der Waals surface area contributed by atoms with Gasteiger partial charge in [0.15, 0.2) is 18.2 Å². The smallest absolute Gasteiger partial charge is 0.312 e. The maximum Gasteiger partial charge on any atom is 0.312 e. The Kier molecular flexibility index (Phi) is 3.38. The number of nitrogens with zero attached hydrogens (tertiary/aromatic N) is 4. The van der Waals surface area contributed by atoms with Crippen molar-refractivity contribution in [3.8, 4) is 11.8 Å². The minimum atomic E-state index is -0.616. The van der Waals surface area contributed by atoms with Crippen LogP contribution in [0.3, 0.4) is 0 Å². The Morgan fingerprint density at radius 1 is 1.58 bits per heavy atom. The average Bonchev–Trinajstić information content (AvgIpc) is 2.82. The fourth-order valence-corrected chi connectivity index (χ4v) is 1.39. The molecule has 19 heavy (non-hydrogen) atoms. The van der Waals surface area contributed by atoms with Crippen molar-refractivity contribution >= 4 is 5.69 Å². The lowest BCUT2D eigenvalue weighted by Gasteiger charge is -2.04. The highest BCUT2D eigenvalue weighted by atomic mass is 16.6. The summed E-state index contributed by atoms with van der Waals surface area (Å²) < 4.78 is 10.1. The molecule has 0 bridgehead atoms. The fraction of sp³-hybridized carbons (Fsp3) is 0.182. The number of hydrogen-bond acceptors (Lipinski definition) is 7. The van der Waals surface area contributed by atoms with E-state index in [9.17, 15) is 10.1 Å². The van der Waals surface area contributed by atoms with Crippen LogP contribution in [0.15, 0.2) is 22.7 Å². The van der Waals surface area contributed by atoms with Crippen molar-refractivity contribution in [2.75, 3.05) is 0 Å². The van der Waals surface area contributed by atoms with Crippen molar-refractivity contribution in [3.05, 3.63) is 45.6 Å². The van der Waals surface area contributed by atoms with Crippen LogP contribution in [0.4, 0.5) is 5.69 Å². The standard InChI is InChI=1S/C11H8N4O4/c1-7-13-11(19-14-7)6-18-10-3-2-8(5-12)4-9(10)15(16)17/h2-4H,6H2,1H3. The van der Waals surface area contributed by atoms with E-state index in [1.165, 1.54) is 12.1 Å². The van der Waals surface area contributed by atoms with Crippen LogP contribution in [-0.4, -0.2) is 15.1 Å². The first-order valence-electron chi connectivity index (χ1n) is 5.20. The Morgan fingerprint density at radius 2 is 2.37 bits per heavy atom. The van der Waals surface area contributed by atoms with E-state index in [-0.39, 0.29) is 29.5 Å². The molecular formula is C11H8N4O4. The third-order valence-corrected chi connectivity index (χ3v) is 2.21. The van der Waals surface area contributed by atoms with E-state index in [0.29, 0.717) is 5.82 Å². The molecule has 0 saturated carbocycles. The van der Waals surface area contributed by atoms with Crippen LogP contribution in [0.1, 0.15) is 17.3 Å². The summed E-state index contributed by atoms with van der Waals surface area (Å²) >= 11 is 0. The van der Waals surface area contributed by atoms with Gasteiger partial charge >= 0.3 is 5.69 Å². The molecule has 1 aromatic heterocycles. The molecular weight excluding hydrogens is 252 g/mol. The van der Waals surface area contributed by atoms with E-state index < -0.39 is 4.92 Å². The lowest BCUT2D eigenvalue weighted by Crippen LogP contribution is -2.00. The zero-order valence-electron chi connectivity index (χ0n) is 9.86.